The van der Waals surface area contributed by atoms with E-state index < -0.39 is 0 Å². The zero-order chi connectivity index (χ0) is 20.1. The predicted molar refractivity (Wildman–Crippen MR) is 116 cm³/mol. The lowest BCUT2D eigenvalue weighted by Crippen LogP contribution is -2.16. The average molecular weight is 376 g/mol. The highest BCUT2D eigenvalue weighted by atomic mass is 14.8. The second-order valence-electron chi connectivity index (χ2n) is 7.50. The Kier molecular flexibility index (Phi) is 6.26. The summed E-state index contributed by atoms with van der Waals surface area (Å²) in [5.41, 5.74) is 24.6. The lowest BCUT2D eigenvalue weighted by atomic mass is 9.91. The fraction of sp³-hybridized carbons (Fsp3) is 0.304. The topological polar surface area (TPSA) is 104 Å². The highest BCUT2D eigenvalue weighted by Crippen LogP contribution is 2.22. The Labute approximate surface area is 167 Å². The number of pyridine rings is 2. The molecule has 146 valence electrons. The average Bonchev–Trinajstić information content (AvgIpc) is 2.63. The molecule has 0 aliphatic heterocycles. The Morgan fingerprint density at radius 3 is 2.11 bits per heavy atom. The molecule has 0 amide bonds. The van der Waals surface area contributed by atoms with Crippen LogP contribution in [-0.2, 0) is 19.3 Å². The zero-order valence-electron chi connectivity index (χ0n) is 16.7. The molecule has 5 nitrogen and oxygen atoms in total. The van der Waals surface area contributed by atoms with Crippen LogP contribution in [0.3, 0.4) is 0 Å². The van der Waals surface area contributed by atoms with Gasteiger partial charge in [0.25, 0.3) is 0 Å². The van der Waals surface area contributed by atoms with Gasteiger partial charge in [0, 0.05) is 17.3 Å². The predicted octanol–water partition coefficient (Wildman–Crippen LogP) is 3.33. The van der Waals surface area contributed by atoms with Gasteiger partial charge in [-0.25, -0.2) is 9.97 Å². The van der Waals surface area contributed by atoms with Crippen LogP contribution in [0.5, 0.6) is 0 Å². The van der Waals surface area contributed by atoms with E-state index in [0.717, 1.165) is 41.8 Å². The summed E-state index contributed by atoms with van der Waals surface area (Å²) in [6.45, 7) is 4.64. The Hall–Kier alpha value is -2.92. The first-order chi connectivity index (χ1) is 13.4. The van der Waals surface area contributed by atoms with Crippen LogP contribution in [0, 0.1) is 13.8 Å². The van der Waals surface area contributed by atoms with Crippen molar-refractivity contribution in [3.8, 4) is 0 Å². The number of benzene rings is 1. The smallest absolute Gasteiger partial charge is 0.123 e. The van der Waals surface area contributed by atoms with Crippen LogP contribution in [0.4, 0.5) is 11.6 Å². The Balaban J connectivity index is 1.73. The molecule has 5 heteroatoms. The Bertz CT molecular complexity index is 911. The van der Waals surface area contributed by atoms with Gasteiger partial charge in [-0.1, -0.05) is 24.3 Å². The van der Waals surface area contributed by atoms with E-state index in [2.05, 4.69) is 46.4 Å². The van der Waals surface area contributed by atoms with Gasteiger partial charge in [-0.15, -0.1) is 0 Å². The highest BCUT2D eigenvalue weighted by molar-refractivity contribution is 5.36. The molecule has 0 bridgehead atoms. The van der Waals surface area contributed by atoms with Gasteiger partial charge in [0.05, 0.1) is 0 Å². The van der Waals surface area contributed by atoms with E-state index in [0.29, 0.717) is 18.2 Å². The van der Waals surface area contributed by atoms with Crippen molar-refractivity contribution in [3.05, 3.63) is 82.2 Å². The molecule has 0 fully saturated rings. The van der Waals surface area contributed by atoms with Crippen molar-refractivity contribution in [1.82, 2.24) is 9.97 Å². The van der Waals surface area contributed by atoms with Crippen LogP contribution in [0.25, 0.3) is 0 Å². The molecule has 0 saturated carbocycles. The molecule has 2 heterocycles. The second-order valence-corrected chi connectivity index (χ2v) is 7.50. The Morgan fingerprint density at radius 1 is 0.821 bits per heavy atom. The SMILES string of the molecule is Cc1cc(N)nc(CCc2cccc([C@H](CN)Cc3cc(C)cc(N)n3)c2)c1. The van der Waals surface area contributed by atoms with Crippen molar-refractivity contribution in [2.75, 3.05) is 18.0 Å². The fourth-order valence-electron chi connectivity index (χ4n) is 3.63. The minimum Gasteiger partial charge on any atom is -0.384 e. The molecule has 0 saturated heterocycles. The van der Waals surface area contributed by atoms with E-state index >= 15 is 0 Å². The Morgan fingerprint density at radius 2 is 1.46 bits per heavy atom. The van der Waals surface area contributed by atoms with Crippen molar-refractivity contribution < 1.29 is 0 Å². The maximum absolute atomic E-state index is 6.09. The number of aromatic nitrogens is 2. The minimum atomic E-state index is 0.210. The molecule has 6 N–H and O–H groups in total. The van der Waals surface area contributed by atoms with Crippen molar-refractivity contribution in [2.24, 2.45) is 5.73 Å². The number of nitrogens with two attached hydrogens (primary N) is 3. The van der Waals surface area contributed by atoms with Crippen molar-refractivity contribution in [3.63, 3.8) is 0 Å². The number of rotatable bonds is 7. The number of nitrogen functional groups attached to an aromatic ring is 2. The lowest BCUT2D eigenvalue weighted by molar-refractivity contribution is 0.680. The molecule has 3 rings (SSSR count). The van der Waals surface area contributed by atoms with E-state index in [9.17, 15) is 0 Å². The standard InChI is InChI=1S/C23H29N5/c1-15-8-20(27-22(25)10-15)7-6-17-4-3-5-18(12-17)19(14-24)13-21-9-16(2)11-23(26)28-21/h3-5,8-12,19H,6-7,13-14,24H2,1-2H3,(H2,25,27)(H2,26,28)/t19-/m0/s1. The molecule has 0 spiro atoms. The lowest BCUT2D eigenvalue weighted by Gasteiger charge is -2.17. The summed E-state index contributed by atoms with van der Waals surface area (Å²) in [5.74, 6) is 1.35. The minimum absolute atomic E-state index is 0.210. The molecule has 3 aromatic rings. The van der Waals surface area contributed by atoms with Crippen LogP contribution in [0.15, 0.2) is 48.5 Å². The number of aryl methyl sites for hydroxylation is 4. The monoisotopic (exact) mass is 375 g/mol. The molecule has 0 aliphatic carbocycles. The van der Waals surface area contributed by atoms with Crippen molar-refractivity contribution in [2.45, 2.75) is 39.0 Å². The van der Waals surface area contributed by atoms with Gasteiger partial charge in [-0.05, 0) is 86.2 Å². The van der Waals surface area contributed by atoms with Crippen molar-refractivity contribution >= 4 is 11.6 Å². The normalized spacial score (nSPS) is 12.1. The van der Waals surface area contributed by atoms with Crippen LogP contribution in [0.1, 0.15) is 39.6 Å². The van der Waals surface area contributed by atoms with E-state index in [4.69, 9.17) is 17.2 Å². The van der Waals surface area contributed by atoms with Gasteiger partial charge < -0.3 is 17.2 Å². The quantitative estimate of drug-likeness (QED) is 0.588. The van der Waals surface area contributed by atoms with Crippen LogP contribution >= 0.6 is 0 Å². The van der Waals surface area contributed by atoms with Gasteiger partial charge in [-0.3, -0.25) is 0 Å². The van der Waals surface area contributed by atoms with Crippen LogP contribution in [-0.4, -0.2) is 16.5 Å². The molecular formula is C23H29N5. The van der Waals surface area contributed by atoms with Gasteiger partial charge in [0.15, 0.2) is 0 Å². The summed E-state index contributed by atoms with van der Waals surface area (Å²) in [4.78, 5) is 8.90. The summed E-state index contributed by atoms with van der Waals surface area (Å²) >= 11 is 0. The maximum atomic E-state index is 6.09. The first-order valence-corrected chi connectivity index (χ1v) is 9.68. The first kappa shape index (κ1) is 19.8. The van der Waals surface area contributed by atoms with Gasteiger partial charge in [-0.2, -0.15) is 0 Å². The second kappa shape index (κ2) is 8.85. The number of hydrogen-bond donors (Lipinski definition) is 3. The van der Waals surface area contributed by atoms with Crippen LogP contribution < -0.4 is 17.2 Å². The van der Waals surface area contributed by atoms with Gasteiger partial charge >= 0.3 is 0 Å². The third-order valence-electron chi connectivity index (χ3n) is 4.92. The van der Waals surface area contributed by atoms with E-state index in [1.807, 2.05) is 26.0 Å². The van der Waals surface area contributed by atoms with Gasteiger partial charge in [0.2, 0.25) is 0 Å². The van der Waals surface area contributed by atoms with Crippen LogP contribution in [0.2, 0.25) is 0 Å². The fourth-order valence-corrected chi connectivity index (χ4v) is 3.63. The number of hydrogen-bond acceptors (Lipinski definition) is 5. The van der Waals surface area contributed by atoms with E-state index in [1.165, 1.54) is 11.1 Å². The summed E-state index contributed by atoms with van der Waals surface area (Å²) in [7, 11) is 0. The summed E-state index contributed by atoms with van der Waals surface area (Å²) < 4.78 is 0. The molecule has 2 aromatic heterocycles. The molecule has 0 unspecified atom stereocenters. The molecule has 1 atom stereocenters. The maximum Gasteiger partial charge on any atom is 0.123 e. The van der Waals surface area contributed by atoms with E-state index in [-0.39, 0.29) is 5.92 Å². The largest absolute Gasteiger partial charge is 0.384 e. The summed E-state index contributed by atoms with van der Waals surface area (Å²) in [6.07, 6.45) is 2.55. The third kappa shape index (κ3) is 5.30. The highest BCUT2D eigenvalue weighted by Gasteiger charge is 2.13. The molecule has 28 heavy (non-hydrogen) atoms. The molecule has 0 radical (unpaired) electrons. The first-order valence-electron chi connectivity index (χ1n) is 9.68. The van der Waals surface area contributed by atoms with E-state index in [1.54, 1.807) is 0 Å². The molecule has 0 aliphatic rings. The summed E-state index contributed by atoms with van der Waals surface area (Å²) in [5, 5.41) is 0. The van der Waals surface area contributed by atoms with Gasteiger partial charge in [0.1, 0.15) is 11.6 Å². The molecular weight excluding hydrogens is 346 g/mol. The number of nitrogens with zero attached hydrogens (tertiary/aromatic N) is 2. The zero-order valence-corrected chi connectivity index (χ0v) is 16.7. The summed E-state index contributed by atoms with van der Waals surface area (Å²) in [6, 6.07) is 16.6. The van der Waals surface area contributed by atoms with Crippen molar-refractivity contribution in [1.29, 1.82) is 0 Å². The number of anilines is 2. The molecule has 1 aromatic carbocycles. The third-order valence-corrected chi connectivity index (χ3v) is 4.92.